The molecule has 222 valence electrons. The van der Waals surface area contributed by atoms with E-state index in [1.54, 1.807) is 24.3 Å². The van der Waals surface area contributed by atoms with Gasteiger partial charge in [-0.1, -0.05) is 66.7 Å². The lowest BCUT2D eigenvalue weighted by molar-refractivity contribution is 1.07. The second-order valence-corrected chi connectivity index (χ2v) is 13.9. The van der Waals surface area contributed by atoms with E-state index in [2.05, 4.69) is 121 Å². The fourth-order valence-electron chi connectivity index (χ4n) is 5.67. The first-order chi connectivity index (χ1) is 23.2. The minimum absolute atomic E-state index is 0.497. The number of nitriles is 2. The smallest absolute Gasteiger partial charge is 0.164 e. The lowest BCUT2D eigenvalue weighted by Crippen LogP contribution is -2.06. The molecule has 6 aromatic carbocycles. The summed E-state index contributed by atoms with van der Waals surface area (Å²) in [7, 11) is -1.91. The molecule has 0 unspecified atom stereocenters. The molecule has 1 heterocycles. The summed E-state index contributed by atoms with van der Waals surface area (Å²) in [6, 6.07) is 59.4. The summed E-state index contributed by atoms with van der Waals surface area (Å²) in [6.45, 7) is 0. The monoisotopic (exact) mass is 621 g/mol. The van der Waals surface area contributed by atoms with Crippen molar-refractivity contribution in [2.24, 2.45) is 0 Å². The molecule has 0 amide bonds. The van der Waals surface area contributed by atoms with Gasteiger partial charge in [-0.3, -0.25) is 0 Å². The molecule has 0 saturated heterocycles. The third kappa shape index (κ3) is 5.66. The molecule has 0 bridgehead atoms. The van der Waals surface area contributed by atoms with Crippen LogP contribution in [-0.2, 0) is 0 Å². The molecule has 0 aliphatic rings. The molecule has 0 saturated carbocycles. The summed E-state index contributed by atoms with van der Waals surface area (Å²) in [5, 5.41) is 18.7. The Labute approximate surface area is 275 Å². The summed E-state index contributed by atoms with van der Waals surface area (Å²) in [4.78, 5) is 19.6. The Morgan fingerprint density at radius 3 is 1.11 bits per heavy atom. The predicted molar refractivity (Wildman–Crippen MR) is 186 cm³/mol. The van der Waals surface area contributed by atoms with E-state index in [1.807, 2.05) is 30.3 Å². The van der Waals surface area contributed by atoms with Gasteiger partial charge in [0, 0.05) is 36.3 Å². The fraction of sp³-hybridized carbons (Fsp3) is 0. The third-order valence-electron chi connectivity index (χ3n) is 7.92. The molecule has 0 fully saturated rings. The van der Waals surface area contributed by atoms with Crippen molar-refractivity contribution in [1.29, 1.82) is 10.5 Å². The molecule has 47 heavy (non-hydrogen) atoms. The van der Waals surface area contributed by atoms with Crippen LogP contribution in [0.3, 0.4) is 0 Å². The van der Waals surface area contributed by atoms with Crippen LogP contribution in [0.4, 0.5) is 0 Å². The van der Waals surface area contributed by atoms with Gasteiger partial charge >= 0.3 is 0 Å². The second kappa shape index (κ2) is 12.9. The highest BCUT2D eigenvalue weighted by atomic mass is 32.3. The molecule has 0 spiro atoms. The van der Waals surface area contributed by atoms with Gasteiger partial charge in [-0.2, -0.15) is 10.5 Å². The van der Waals surface area contributed by atoms with Crippen LogP contribution in [0.25, 0.3) is 34.2 Å². The van der Waals surface area contributed by atoms with E-state index >= 15 is 0 Å². The van der Waals surface area contributed by atoms with Crippen LogP contribution in [0.15, 0.2) is 183 Å². The van der Waals surface area contributed by atoms with E-state index in [0.717, 1.165) is 21.6 Å². The molecule has 6 heteroatoms. The van der Waals surface area contributed by atoms with E-state index in [-0.39, 0.29) is 0 Å². The maximum Gasteiger partial charge on any atom is 0.164 e. The van der Waals surface area contributed by atoms with Crippen molar-refractivity contribution >= 4 is 10.0 Å². The number of benzene rings is 6. The first kappa shape index (κ1) is 29.4. The summed E-state index contributed by atoms with van der Waals surface area (Å²) in [6.07, 6.45) is 0. The maximum atomic E-state index is 9.35. The number of nitrogens with zero attached hydrogens (tertiary/aromatic N) is 5. The Morgan fingerprint density at radius 1 is 0.362 bits per heavy atom. The molecule has 0 N–H and O–H groups in total. The van der Waals surface area contributed by atoms with Crippen molar-refractivity contribution < 1.29 is 0 Å². The highest BCUT2D eigenvalue weighted by Crippen LogP contribution is 2.73. The lowest BCUT2D eigenvalue weighted by Gasteiger charge is -2.42. The average Bonchev–Trinajstić information content (AvgIpc) is 3.16. The van der Waals surface area contributed by atoms with Crippen molar-refractivity contribution in [3.8, 4) is 46.3 Å². The Kier molecular flexibility index (Phi) is 8.09. The highest BCUT2D eigenvalue weighted by Gasteiger charge is 2.33. The zero-order chi connectivity index (χ0) is 32.1. The van der Waals surface area contributed by atoms with Gasteiger partial charge < -0.3 is 0 Å². The van der Waals surface area contributed by atoms with E-state index in [1.165, 1.54) is 14.7 Å². The van der Waals surface area contributed by atoms with E-state index in [9.17, 15) is 10.5 Å². The minimum atomic E-state index is -1.91. The van der Waals surface area contributed by atoms with Crippen LogP contribution in [0.2, 0.25) is 0 Å². The third-order valence-corrected chi connectivity index (χ3v) is 11.8. The second-order valence-electron chi connectivity index (χ2n) is 10.8. The quantitative estimate of drug-likeness (QED) is 0.177. The van der Waals surface area contributed by atoms with Crippen LogP contribution in [0, 0.1) is 22.7 Å². The largest absolute Gasteiger partial charge is 0.208 e. The van der Waals surface area contributed by atoms with Gasteiger partial charge in [-0.25, -0.2) is 15.0 Å². The van der Waals surface area contributed by atoms with Crippen molar-refractivity contribution in [1.82, 2.24) is 15.0 Å². The van der Waals surface area contributed by atoms with E-state index in [4.69, 9.17) is 15.0 Å². The first-order valence-electron chi connectivity index (χ1n) is 15.1. The molecular formula is C41H27N5S. The van der Waals surface area contributed by atoms with Crippen molar-refractivity contribution in [3.63, 3.8) is 0 Å². The lowest BCUT2D eigenvalue weighted by atomic mass is 10.1. The zero-order valence-corrected chi connectivity index (χ0v) is 26.0. The molecular weight excluding hydrogens is 595 g/mol. The molecule has 7 aromatic rings. The van der Waals surface area contributed by atoms with Crippen molar-refractivity contribution in [3.05, 3.63) is 175 Å². The minimum Gasteiger partial charge on any atom is -0.208 e. The van der Waals surface area contributed by atoms with Gasteiger partial charge in [0.1, 0.15) is 0 Å². The maximum absolute atomic E-state index is 9.35. The van der Waals surface area contributed by atoms with Gasteiger partial charge in [0.2, 0.25) is 0 Å². The highest BCUT2D eigenvalue weighted by molar-refractivity contribution is 8.34. The van der Waals surface area contributed by atoms with Crippen LogP contribution in [0.1, 0.15) is 11.1 Å². The SMILES string of the molecule is N#Cc1ccc(-c2nc(-c3ccc(C#N)cc3)nc(-c3cccc(S(c4ccccc4)(c4ccccc4)c4ccccc4)c3)n2)cc1. The van der Waals surface area contributed by atoms with Crippen LogP contribution in [0.5, 0.6) is 0 Å². The Hall–Kier alpha value is -6.34. The summed E-state index contributed by atoms with van der Waals surface area (Å²) in [5.41, 5.74) is 3.53. The van der Waals surface area contributed by atoms with E-state index in [0.29, 0.717) is 28.6 Å². The predicted octanol–water partition coefficient (Wildman–Crippen LogP) is 9.96. The molecule has 0 aliphatic carbocycles. The number of hydrogen-bond donors (Lipinski definition) is 0. The molecule has 0 aliphatic heterocycles. The van der Waals surface area contributed by atoms with Gasteiger partial charge in [-0.15, -0.1) is 10.0 Å². The summed E-state index contributed by atoms with van der Waals surface area (Å²) < 4.78 is 0. The average molecular weight is 622 g/mol. The van der Waals surface area contributed by atoms with Crippen molar-refractivity contribution in [2.45, 2.75) is 19.6 Å². The fourth-order valence-corrected chi connectivity index (χ4v) is 9.58. The molecule has 1 aromatic heterocycles. The summed E-state index contributed by atoms with van der Waals surface area (Å²) >= 11 is 0. The van der Waals surface area contributed by atoms with Crippen LogP contribution < -0.4 is 0 Å². The van der Waals surface area contributed by atoms with Crippen molar-refractivity contribution in [2.75, 3.05) is 0 Å². The van der Waals surface area contributed by atoms with Crippen LogP contribution in [-0.4, -0.2) is 15.0 Å². The van der Waals surface area contributed by atoms with Gasteiger partial charge in [0.25, 0.3) is 0 Å². The number of hydrogen-bond acceptors (Lipinski definition) is 5. The molecule has 5 nitrogen and oxygen atoms in total. The van der Waals surface area contributed by atoms with Gasteiger partial charge in [0.15, 0.2) is 17.5 Å². The van der Waals surface area contributed by atoms with Crippen LogP contribution >= 0.6 is 10.0 Å². The molecule has 7 rings (SSSR count). The number of aromatic nitrogens is 3. The standard InChI is InChI=1S/C41H27N5S/c42-28-30-19-23-32(24-20-30)39-44-40(33-25-21-31(29-43)22-26-33)46-41(45-39)34-11-10-18-38(27-34)47(35-12-4-1-5-13-35,36-14-6-2-7-15-36)37-16-8-3-9-17-37/h1-27H. The summed E-state index contributed by atoms with van der Waals surface area (Å²) in [5.74, 6) is 1.53. The zero-order valence-electron chi connectivity index (χ0n) is 25.2. The normalized spacial score (nSPS) is 11.3. The first-order valence-corrected chi connectivity index (χ1v) is 16.7. The molecule has 0 atom stereocenters. The Bertz CT molecular complexity index is 2070. The Balaban J connectivity index is 1.47. The van der Waals surface area contributed by atoms with E-state index < -0.39 is 10.0 Å². The van der Waals surface area contributed by atoms with Gasteiger partial charge in [0.05, 0.1) is 23.3 Å². The topological polar surface area (TPSA) is 86.2 Å². The van der Waals surface area contributed by atoms with Gasteiger partial charge in [-0.05, 0) is 97.1 Å². The molecule has 0 radical (unpaired) electrons. The number of rotatable bonds is 7. The Morgan fingerprint density at radius 2 is 0.723 bits per heavy atom.